The minimum absolute atomic E-state index is 0.0238. The molecule has 0 atom stereocenters. The fourth-order valence-electron chi connectivity index (χ4n) is 2.56. The second-order valence-corrected chi connectivity index (χ2v) is 6.96. The molecule has 0 bridgehead atoms. The van der Waals surface area contributed by atoms with Crippen molar-refractivity contribution in [2.24, 2.45) is 5.41 Å². The lowest BCUT2D eigenvalue weighted by molar-refractivity contribution is -0.117. The fraction of sp³-hybridized carbons (Fsp3) is 0.421. The molecule has 0 heterocycles. The number of para-hydroxylation sites is 1. The third-order valence-electron chi connectivity index (χ3n) is 3.71. The molecule has 0 radical (unpaired) electrons. The van der Waals surface area contributed by atoms with E-state index in [9.17, 15) is 4.79 Å². The smallest absolute Gasteiger partial charge is 0.157 e. The standard InChI is InChI=1S/C19H22ClNO2/c1-19(2)13-15(12-16(22)14-19)21(3)10-6-7-11-23-18-9-5-4-8-17(18)20/h4-5,8-9,12H,10-11,13-14H2,1-3H3. The summed E-state index contributed by atoms with van der Waals surface area (Å²) in [6.07, 6.45) is 3.25. The molecule has 122 valence electrons. The van der Waals surface area contributed by atoms with Gasteiger partial charge in [0.15, 0.2) is 5.78 Å². The van der Waals surface area contributed by atoms with Crippen LogP contribution in [0.5, 0.6) is 5.75 Å². The number of ketones is 1. The summed E-state index contributed by atoms with van der Waals surface area (Å²) in [5.41, 5.74) is 1.07. The molecule has 1 aliphatic carbocycles. The van der Waals surface area contributed by atoms with E-state index in [1.165, 1.54) is 0 Å². The Bertz CT molecular complexity index is 667. The first-order chi connectivity index (χ1) is 10.9. The van der Waals surface area contributed by atoms with E-state index in [0.29, 0.717) is 30.3 Å². The van der Waals surface area contributed by atoms with Gasteiger partial charge in [0.2, 0.25) is 0 Å². The van der Waals surface area contributed by atoms with Gasteiger partial charge < -0.3 is 9.64 Å². The van der Waals surface area contributed by atoms with Gasteiger partial charge in [-0.05, 0) is 24.0 Å². The topological polar surface area (TPSA) is 29.5 Å². The average Bonchev–Trinajstić information content (AvgIpc) is 2.46. The highest BCUT2D eigenvalue weighted by Crippen LogP contribution is 2.34. The van der Waals surface area contributed by atoms with Crippen LogP contribution in [0, 0.1) is 17.3 Å². The summed E-state index contributed by atoms with van der Waals surface area (Å²) in [7, 11) is 1.96. The lowest BCUT2D eigenvalue weighted by Gasteiger charge is -2.32. The Kier molecular flexibility index (Phi) is 5.74. The van der Waals surface area contributed by atoms with Crippen molar-refractivity contribution in [1.29, 1.82) is 0 Å². The molecule has 1 aromatic carbocycles. The Hall–Kier alpha value is -1.92. The van der Waals surface area contributed by atoms with E-state index in [1.54, 1.807) is 12.1 Å². The van der Waals surface area contributed by atoms with E-state index >= 15 is 0 Å². The first kappa shape index (κ1) is 17.4. The van der Waals surface area contributed by atoms with Gasteiger partial charge in [0.1, 0.15) is 12.4 Å². The summed E-state index contributed by atoms with van der Waals surface area (Å²) in [6, 6.07) is 7.33. The predicted octanol–water partition coefficient (Wildman–Crippen LogP) is 3.93. The van der Waals surface area contributed by atoms with Crippen molar-refractivity contribution in [2.45, 2.75) is 26.7 Å². The molecule has 0 fully saturated rings. The number of ether oxygens (including phenoxy) is 1. The van der Waals surface area contributed by atoms with E-state index in [0.717, 1.165) is 12.1 Å². The number of hydrogen-bond acceptors (Lipinski definition) is 3. The van der Waals surface area contributed by atoms with Crippen LogP contribution in [0.25, 0.3) is 0 Å². The molecular weight excluding hydrogens is 310 g/mol. The number of carbonyl (C=O) groups excluding carboxylic acids is 1. The molecule has 0 aromatic heterocycles. The lowest BCUT2D eigenvalue weighted by Crippen LogP contribution is -2.29. The molecule has 0 spiro atoms. The minimum atomic E-state index is 0.0238. The van der Waals surface area contributed by atoms with Crippen LogP contribution in [0.1, 0.15) is 26.7 Å². The van der Waals surface area contributed by atoms with Crippen LogP contribution in [0.4, 0.5) is 0 Å². The van der Waals surface area contributed by atoms with Gasteiger partial charge in [-0.15, -0.1) is 0 Å². The van der Waals surface area contributed by atoms with E-state index in [4.69, 9.17) is 16.3 Å². The van der Waals surface area contributed by atoms with Crippen molar-refractivity contribution in [1.82, 2.24) is 4.90 Å². The maximum atomic E-state index is 11.8. The van der Waals surface area contributed by atoms with Crippen LogP contribution >= 0.6 is 11.6 Å². The predicted molar refractivity (Wildman–Crippen MR) is 93.5 cm³/mol. The van der Waals surface area contributed by atoms with Crippen LogP contribution in [0.2, 0.25) is 5.02 Å². The highest BCUT2D eigenvalue weighted by Gasteiger charge is 2.28. The first-order valence-corrected chi connectivity index (χ1v) is 8.03. The van der Waals surface area contributed by atoms with Crippen LogP contribution in [-0.2, 0) is 4.79 Å². The number of allylic oxidation sites excluding steroid dienone is 2. The lowest BCUT2D eigenvalue weighted by atomic mass is 9.78. The highest BCUT2D eigenvalue weighted by molar-refractivity contribution is 6.32. The van der Waals surface area contributed by atoms with E-state index in [1.807, 2.05) is 30.1 Å². The summed E-state index contributed by atoms with van der Waals surface area (Å²) in [5.74, 6) is 6.88. The third-order valence-corrected chi connectivity index (χ3v) is 4.02. The second kappa shape index (κ2) is 7.57. The Morgan fingerprint density at radius 3 is 2.70 bits per heavy atom. The number of carbonyl (C=O) groups is 1. The molecule has 0 saturated carbocycles. The SMILES string of the molecule is CN(CC#CCOc1ccccc1Cl)C1=CC(=O)CC(C)(C)C1. The van der Waals surface area contributed by atoms with Crippen molar-refractivity contribution in [3.05, 3.63) is 41.1 Å². The van der Waals surface area contributed by atoms with Gasteiger partial charge in [0, 0.05) is 25.2 Å². The Labute approximate surface area is 143 Å². The number of nitrogens with zero attached hydrogens (tertiary/aromatic N) is 1. The van der Waals surface area contributed by atoms with Gasteiger partial charge in [-0.25, -0.2) is 0 Å². The highest BCUT2D eigenvalue weighted by atomic mass is 35.5. The molecule has 3 nitrogen and oxygen atoms in total. The zero-order chi connectivity index (χ0) is 16.9. The van der Waals surface area contributed by atoms with Gasteiger partial charge in [-0.1, -0.05) is 49.4 Å². The average molecular weight is 332 g/mol. The summed E-state index contributed by atoms with van der Waals surface area (Å²) in [5, 5.41) is 0.583. The van der Waals surface area contributed by atoms with Crippen LogP contribution in [0.15, 0.2) is 36.0 Å². The number of hydrogen-bond donors (Lipinski definition) is 0. The first-order valence-electron chi connectivity index (χ1n) is 7.65. The molecule has 23 heavy (non-hydrogen) atoms. The van der Waals surface area contributed by atoms with E-state index in [2.05, 4.69) is 25.7 Å². The number of rotatable bonds is 4. The minimum Gasteiger partial charge on any atom is -0.479 e. The second-order valence-electron chi connectivity index (χ2n) is 6.55. The normalized spacial score (nSPS) is 16.2. The summed E-state index contributed by atoms with van der Waals surface area (Å²) < 4.78 is 5.52. The quantitative estimate of drug-likeness (QED) is 0.783. The number of benzene rings is 1. The molecule has 1 aliphatic rings. The fourth-order valence-corrected chi connectivity index (χ4v) is 2.75. The molecule has 1 aromatic rings. The maximum absolute atomic E-state index is 11.8. The van der Waals surface area contributed by atoms with E-state index in [-0.39, 0.29) is 11.2 Å². The number of halogens is 1. The zero-order valence-corrected chi connectivity index (χ0v) is 14.6. The third kappa shape index (κ3) is 5.33. The molecule has 2 rings (SSSR count). The monoisotopic (exact) mass is 331 g/mol. The van der Waals surface area contributed by atoms with Crippen LogP contribution in [0.3, 0.4) is 0 Å². The van der Waals surface area contributed by atoms with Crippen LogP contribution < -0.4 is 4.74 Å². The van der Waals surface area contributed by atoms with Gasteiger partial charge in [0.25, 0.3) is 0 Å². The maximum Gasteiger partial charge on any atom is 0.157 e. The van der Waals surface area contributed by atoms with Gasteiger partial charge in [0.05, 0.1) is 11.6 Å². The Morgan fingerprint density at radius 2 is 2.00 bits per heavy atom. The molecule has 0 aliphatic heterocycles. The van der Waals surface area contributed by atoms with Gasteiger partial charge in [-0.2, -0.15) is 0 Å². The molecular formula is C19H22ClNO2. The summed E-state index contributed by atoms with van der Waals surface area (Å²) in [6.45, 7) is 5.10. The van der Waals surface area contributed by atoms with Crippen LogP contribution in [-0.4, -0.2) is 30.9 Å². The molecule has 0 saturated heterocycles. The molecule has 0 unspecified atom stereocenters. The molecule has 4 heteroatoms. The van der Waals surface area contributed by atoms with Gasteiger partial charge in [-0.3, -0.25) is 4.79 Å². The van der Waals surface area contributed by atoms with Crippen molar-refractivity contribution in [3.8, 4) is 17.6 Å². The van der Waals surface area contributed by atoms with Crippen molar-refractivity contribution < 1.29 is 9.53 Å². The summed E-state index contributed by atoms with van der Waals surface area (Å²) >= 11 is 6.01. The van der Waals surface area contributed by atoms with Crippen molar-refractivity contribution in [2.75, 3.05) is 20.2 Å². The molecule has 0 amide bonds. The Balaban J connectivity index is 1.84. The van der Waals surface area contributed by atoms with Crippen molar-refractivity contribution in [3.63, 3.8) is 0 Å². The summed E-state index contributed by atoms with van der Waals surface area (Å²) in [4.78, 5) is 13.8. The van der Waals surface area contributed by atoms with Crippen molar-refractivity contribution >= 4 is 17.4 Å². The molecule has 0 N–H and O–H groups in total. The van der Waals surface area contributed by atoms with E-state index < -0.39 is 0 Å². The van der Waals surface area contributed by atoms with Gasteiger partial charge >= 0.3 is 0 Å². The largest absolute Gasteiger partial charge is 0.479 e. The Morgan fingerprint density at radius 1 is 1.26 bits per heavy atom. The zero-order valence-electron chi connectivity index (χ0n) is 13.9.